The predicted molar refractivity (Wildman–Crippen MR) is 247 cm³/mol. The van der Waals surface area contributed by atoms with Gasteiger partial charge in [0.15, 0.2) is 0 Å². The summed E-state index contributed by atoms with van der Waals surface area (Å²) in [5.74, 6) is 0.0509. The number of amides is 1. The van der Waals surface area contributed by atoms with Crippen LogP contribution >= 0.6 is 0 Å². The van der Waals surface area contributed by atoms with Crippen LogP contribution in [0.15, 0.2) is 0 Å². The molecule has 0 bridgehead atoms. The number of nitrogens with zero attached hydrogens (tertiary/aromatic N) is 1. The SMILES string of the molecule is CCCCCCCCCOC(=O)CCCCCCCN(CCCCCCCCOCOC(CCCCCCCC)CCCCCCCC)CCCNC(=O)CCOC. The molecule has 0 radical (unpaired) electrons. The molecular formula is C50H100N2O6. The highest BCUT2D eigenvalue weighted by Gasteiger charge is 2.10. The summed E-state index contributed by atoms with van der Waals surface area (Å²) in [6, 6.07) is 0. The topological polar surface area (TPSA) is 86.3 Å². The summed E-state index contributed by atoms with van der Waals surface area (Å²) in [5.41, 5.74) is 0. The van der Waals surface area contributed by atoms with E-state index in [-0.39, 0.29) is 11.9 Å². The maximum atomic E-state index is 12.1. The summed E-state index contributed by atoms with van der Waals surface area (Å²) in [4.78, 5) is 26.7. The smallest absolute Gasteiger partial charge is 0.305 e. The Morgan fingerprint density at radius 3 is 1.47 bits per heavy atom. The van der Waals surface area contributed by atoms with E-state index < -0.39 is 0 Å². The first-order valence-corrected chi connectivity index (χ1v) is 25.4. The molecule has 346 valence electrons. The molecule has 0 heterocycles. The monoisotopic (exact) mass is 825 g/mol. The van der Waals surface area contributed by atoms with Crippen LogP contribution in [0.1, 0.15) is 245 Å². The Morgan fingerprint density at radius 2 is 0.931 bits per heavy atom. The third-order valence-electron chi connectivity index (χ3n) is 11.5. The first-order valence-electron chi connectivity index (χ1n) is 25.4. The van der Waals surface area contributed by atoms with Gasteiger partial charge in [-0.05, 0) is 71.0 Å². The standard InChI is InChI=1S/C50H100N2O6/c1-5-8-11-14-18-27-34-45-57-50(54)38-30-23-20-25-32-42-52(43-35-40-51-49(53)39-46-55-4)41-31-24-17-19-26-33-44-56-47-58-48(36-28-21-15-12-9-6-2)37-29-22-16-13-10-7-3/h48H,5-47H2,1-4H3,(H,51,53). The zero-order chi connectivity index (χ0) is 42.3. The summed E-state index contributed by atoms with van der Waals surface area (Å²) >= 11 is 0. The van der Waals surface area contributed by atoms with Crippen molar-refractivity contribution in [3.05, 3.63) is 0 Å². The Kier molecular flexibility index (Phi) is 47.4. The highest BCUT2D eigenvalue weighted by Crippen LogP contribution is 2.17. The molecule has 0 saturated heterocycles. The van der Waals surface area contributed by atoms with Gasteiger partial charge in [0.25, 0.3) is 0 Å². The molecule has 0 atom stereocenters. The Labute approximate surface area is 361 Å². The lowest BCUT2D eigenvalue weighted by atomic mass is 10.0. The van der Waals surface area contributed by atoms with Gasteiger partial charge in [-0.1, -0.05) is 181 Å². The maximum absolute atomic E-state index is 12.1. The molecule has 1 amide bonds. The van der Waals surface area contributed by atoms with Crippen LogP contribution in [0.4, 0.5) is 0 Å². The van der Waals surface area contributed by atoms with Crippen molar-refractivity contribution >= 4 is 11.9 Å². The highest BCUT2D eigenvalue weighted by molar-refractivity contribution is 5.75. The fraction of sp³-hybridized carbons (Fsp3) is 0.960. The molecule has 0 aromatic carbocycles. The van der Waals surface area contributed by atoms with Gasteiger partial charge in [0.05, 0.1) is 19.3 Å². The fourth-order valence-corrected chi connectivity index (χ4v) is 7.67. The molecule has 8 nitrogen and oxygen atoms in total. The maximum Gasteiger partial charge on any atom is 0.305 e. The predicted octanol–water partition coefficient (Wildman–Crippen LogP) is 13.7. The van der Waals surface area contributed by atoms with E-state index >= 15 is 0 Å². The summed E-state index contributed by atoms with van der Waals surface area (Å²) in [5, 5.41) is 3.04. The minimum Gasteiger partial charge on any atom is -0.466 e. The molecule has 58 heavy (non-hydrogen) atoms. The largest absolute Gasteiger partial charge is 0.466 e. The van der Waals surface area contributed by atoms with E-state index in [9.17, 15) is 9.59 Å². The summed E-state index contributed by atoms with van der Waals surface area (Å²) in [6.45, 7) is 13.1. The molecule has 8 heteroatoms. The normalized spacial score (nSPS) is 11.6. The molecule has 0 rings (SSSR count). The molecule has 0 aliphatic carbocycles. The second-order valence-electron chi connectivity index (χ2n) is 17.2. The summed E-state index contributed by atoms with van der Waals surface area (Å²) < 4.78 is 22.7. The lowest BCUT2D eigenvalue weighted by Crippen LogP contribution is -2.31. The Hall–Kier alpha value is -1.22. The van der Waals surface area contributed by atoms with Crippen LogP contribution in [0.25, 0.3) is 0 Å². The van der Waals surface area contributed by atoms with E-state index in [2.05, 4.69) is 31.0 Å². The van der Waals surface area contributed by atoms with Crippen molar-refractivity contribution in [2.75, 3.05) is 59.9 Å². The molecule has 0 spiro atoms. The van der Waals surface area contributed by atoms with Gasteiger partial charge in [-0.15, -0.1) is 0 Å². The van der Waals surface area contributed by atoms with Crippen molar-refractivity contribution in [2.24, 2.45) is 0 Å². The first-order chi connectivity index (χ1) is 28.6. The van der Waals surface area contributed by atoms with Crippen LogP contribution in [0, 0.1) is 0 Å². The minimum absolute atomic E-state index is 0.0224. The third-order valence-corrected chi connectivity index (χ3v) is 11.5. The zero-order valence-corrected chi connectivity index (χ0v) is 39.4. The van der Waals surface area contributed by atoms with Crippen LogP contribution in [0.5, 0.6) is 0 Å². The second kappa shape index (κ2) is 48.4. The van der Waals surface area contributed by atoms with Gasteiger partial charge in [-0.3, -0.25) is 9.59 Å². The Bertz CT molecular complexity index is 814. The molecule has 0 fully saturated rings. The molecule has 1 N–H and O–H groups in total. The van der Waals surface area contributed by atoms with Crippen LogP contribution in [0.3, 0.4) is 0 Å². The Morgan fingerprint density at radius 1 is 0.483 bits per heavy atom. The number of esters is 1. The lowest BCUT2D eigenvalue weighted by molar-refractivity contribution is -0.143. The quantitative estimate of drug-likeness (QED) is 0.0371. The van der Waals surface area contributed by atoms with Crippen molar-refractivity contribution in [1.29, 1.82) is 0 Å². The van der Waals surface area contributed by atoms with Gasteiger partial charge in [0, 0.05) is 33.1 Å². The van der Waals surface area contributed by atoms with E-state index in [4.69, 9.17) is 18.9 Å². The van der Waals surface area contributed by atoms with Gasteiger partial charge < -0.3 is 29.2 Å². The number of hydrogen-bond acceptors (Lipinski definition) is 7. The van der Waals surface area contributed by atoms with Crippen molar-refractivity contribution in [3.8, 4) is 0 Å². The van der Waals surface area contributed by atoms with Gasteiger partial charge in [-0.2, -0.15) is 0 Å². The fourth-order valence-electron chi connectivity index (χ4n) is 7.67. The number of ether oxygens (including phenoxy) is 4. The van der Waals surface area contributed by atoms with E-state index in [1.54, 1.807) is 7.11 Å². The Balaban J connectivity index is 4.20. The van der Waals surface area contributed by atoms with E-state index in [0.717, 1.165) is 64.9 Å². The number of methoxy groups -OCH3 is 1. The lowest BCUT2D eigenvalue weighted by Gasteiger charge is -2.22. The number of rotatable bonds is 49. The van der Waals surface area contributed by atoms with E-state index in [1.807, 2.05) is 0 Å². The van der Waals surface area contributed by atoms with Crippen molar-refractivity contribution < 1.29 is 28.5 Å². The van der Waals surface area contributed by atoms with E-state index in [0.29, 0.717) is 39.0 Å². The molecule has 0 unspecified atom stereocenters. The van der Waals surface area contributed by atoms with Gasteiger partial charge in [0.1, 0.15) is 6.79 Å². The number of nitrogens with one attached hydrogen (secondary N) is 1. The average molecular weight is 825 g/mol. The van der Waals surface area contributed by atoms with Gasteiger partial charge >= 0.3 is 5.97 Å². The van der Waals surface area contributed by atoms with Gasteiger partial charge in [-0.25, -0.2) is 0 Å². The van der Waals surface area contributed by atoms with Gasteiger partial charge in [0.2, 0.25) is 5.91 Å². The minimum atomic E-state index is -0.0224. The number of hydrogen-bond donors (Lipinski definition) is 1. The van der Waals surface area contributed by atoms with Crippen molar-refractivity contribution in [1.82, 2.24) is 10.2 Å². The van der Waals surface area contributed by atoms with Crippen LogP contribution in [-0.2, 0) is 28.5 Å². The molecular weight excluding hydrogens is 725 g/mol. The van der Waals surface area contributed by atoms with E-state index in [1.165, 1.54) is 180 Å². The van der Waals surface area contributed by atoms with Crippen molar-refractivity contribution in [2.45, 2.75) is 252 Å². The number of unbranched alkanes of at least 4 members (excludes halogenated alkanes) is 25. The first kappa shape index (κ1) is 56.8. The van der Waals surface area contributed by atoms with Crippen molar-refractivity contribution in [3.63, 3.8) is 0 Å². The van der Waals surface area contributed by atoms with Crippen LogP contribution in [-0.4, -0.2) is 82.8 Å². The molecule has 0 aromatic rings. The highest BCUT2D eigenvalue weighted by atomic mass is 16.7. The number of carbonyl (C=O) groups is 2. The second-order valence-corrected chi connectivity index (χ2v) is 17.2. The molecule has 0 saturated carbocycles. The number of carbonyl (C=O) groups excluding carboxylic acids is 2. The molecule has 0 aromatic heterocycles. The third kappa shape index (κ3) is 44.3. The molecule has 0 aliphatic rings. The molecule has 0 aliphatic heterocycles. The average Bonchev–Trinajstić information content (AvgIpc) is 3.22. The van der Waals surface area contributed by atoms with Crippen LogP contribution in [0.2, 0.25) is 0 Å². The summed E-state index contributed by atoms with van der Waals surface area (Å²) in [7, 11) is 1.63. The summed E-state index contributed by atoms with van der Waals surface area (Å²) in [6.07, 6.45) is 42.4. The van der Waals surface area contributed by atoms with Crippen LogP contribution < -0.4 is 5.32 Å². The zero-order valence-electron chi connectivity index (χ0n) is 39.4.